The molecular formula is C17H20ClN3O2S. The van der Waals surface area contributed by atoms with Crippen LogP contribution in [-0.2, 0) is 16.0 Å². The smallest absolute Gasteiger partial charge is 0.248 e. The molecule has 0 aliphatic heterocycles. The molecule has 1 aromatic carbocycles. The van der Waals surface area contributed by atoms with Gasteiger partial charge in [0.2, 0.25) is 11.8 Å². The van der Waals surface area contributed by atoms with Crippen molar-refractivity contribution in [1.82, 2.24) is 10.3 Å². The van der Waals surface area contributed by atoms with Gasteiger partial charge in [0.1, 0.15) is 6.04 Å². The first-order valence-corrected chi connectivity index (χ1v) is 8.82. The van der Waals surface area contributed by atoms with Crippen molar-refractivity contribution >= 4 is 39.9 Å². The molecule has 0 aliphatic rings. The van der Waals surface area contributed by atoms with E-state index in [4.69, 9.17) is 11.6 Å². The number of thiazole rings is 1. The second kappa shape index (κ2) is 8.26. The van der Waals surface area contributed by atoms with Crippen LogP contribution in [0.25, 0.3) is 0 Å². The molecule has 2 N–H and O–H groups in total. The van der Waals surface area contributed by atoms with Crippen molar-refractivity contribution in [3.63, 3.8) is 0 Å². The monoisotopic (exact) mass is 365 g/mol. The Balaban J connectivity index is 2.04. The van der Waals surface area contributed by atoms with Crippen LogP contribution in [0.4, 0.5) is 5.13 Å². The molecule has 5 nitrogen and oxygen atoms in total. The number of nitrogens with one attached hydrogen (secondary N) is 2. The predicted octanol–water partition coefficient (Wildman–Crippen LogP) is 3.49. The van der Waals surface area contributed by atoms with E-state index < -0.39 is 6.04 Å². The second-order valence-electron chi connectivity index (χ2n) is 5.81. The summed E-state index contributed by atoms with van der Waals surface area (Å²) in [6.07, 6.45) is 2.39. The van der Waals surface area contributed by atoms with Gasteiger partial charge in [0.25, 0.3) is 0 Å². The molecule has 24 heavy (non-hydrogen) atoms. The Morgan fingerprint density at radius 2 is 2.00 bits per heavy atom. The van der Waals surface area contributed by atoms with Crippen molar-refractivity contribution in [3.8, 4) is 0 Å². The third kappa shape index (κ3) is 5.04. The number of carbonyl (C=O) groups is 2. The normalized spacial score (nSPS) is 12.0. The Kier molecular flexibility index (Phi) is 6.34. The van der Waals surface area contributed by atoms with Gasteiger partial charge in [-0.1, -0.05) is 43.6 Å². The van der Waals surface area contributed by atoms with Gasteiger partial charge in [0, 0.05) is 29.4 Å². The maximum atomic E-state index is 12.3. The lowest BCUT2D eigenvalue weighted by Crippen LogP contribution is -2.46. The average molecular weight is 366 g/mol. The summed E-state index contributed by atoms with van der Waals surface area (Å²) in [7, 11) is 0. The summed E-state index contributed by atoms with van der Waals surface area (Å²) < 4.78 is 0. The van der Waals surface area contributed by atoms with Crippen LogP contribution in [0.15, 0.2) is 30.5 Å². The van der Waals surface area contributed by atoms with Gasteiger partial charge in [0.05, 0.1) is 0 Å². The molecule has 1 aromatic heterocycles. The topological polar surface area (TPSA) is 71.1 Å². The molecular weight excluding hydrogens is 346 g/mol. The van der Waals surface area contributed by atoms with Gasteiger partial charge in [-0.3, -0.25) is 9.59 Å². The molecule has 1 heterocycles. The molecule has 0 saturated heterocycles. The number of aromatic nitrogens is 1. The molecule has 128 valence electrons. The quantitative estimate of drug-likeness (QED) is 0.823. The number of amides is 2. The van der Waals surface area contributed by atoms with Crippen molar-refractivity contribution in [2.75, 3.05) is 5.32 Å². The van der Waals surface area contributed by atoms with E-state index in [-0.39, 0.29) is 17.7 Å². The maximum Gasteiger partial charge on any atom is 0.248 e. The molecule has 0 bridgehead atoms. The first-order valence-electron chi connectivity index (χ1n) is 7.63. The summed E-state index contributed by atoms with van der Waals surface area (Å²) in [5, 5.41) is 6.65. The standard InChI is InChI=1S/C17H20ClN3O2S/c1-10(2)15(20-11(3)22)16(23)21-17-19-9-13(24-17)8-12-6-4-5-7-14(12)18/h4-7,9-10,15H,8H2,1-3H3,(H,20,22)(H,19,21,23)/t15-/m1/s1. The lowest BCUT2D eigenvalue weighted by atomic mass is 10.0. The summed E-state index contributed by atoms with van der Waals surface area (Å²) in [4.78, 5) is 28.8. The molecule has 2 rings (SSSR count). The summed E-state index contributed by atoms with van der Waals surface area (Å²) >= 11 is 7.56. The summed E-state index contributed by atoms with van der Waals surface area (Å²) in [6.45, 7) is 5.16. The zero-order valence-electron chi connectivity index (χ0n) is 13.8. The number of benzene rings is 1. The fraction of sp³-hybridized carbons (Fsp3) is 0.353. The van der Waals surface area contributed by atoms with Crippen molar-refractivity contribution in [1.29, 1.82) is 0 Å². The molecule has 2 amide bonds. The van der Waals surface area contributed by atoms with Crippen molar-refractivity contribution in [3.05, 3.63) is 45.9 Å². The van der Waals surface area contributed by atoms with Crippen LogP contribution in [-0.4, -0.2) is 22.8 Å². The Morgan fingerprint density at radius 3 is 2.62 bits per heavy atom. The number of rotatable bonds is 6. The van der Waals surface area contributed by atoms with Crippen molar-refractivity contribution in [2.24, 2.45) is 5.92 Å². The highest BCUT2D eigenvalue weighted by Crippen LogP contribution is 2.24. The molecule has 0 unspecified atom stereocenters. The molecule has 0 fully saturated rings. The van der Waals surface area contributed by atoms with Gasteiger partial charge >= 0.3 is 0 Å². The van der Waals surface area contributed by atoms with Gasteiger partial charge < -0.3 is 10.6 Å². The lowest BCUT2D eigenvalue weighted by Gasteiger charge is -2.20. The SMILES string of the molecule is CC(=O)N[C@@H](C(=O)Nc1ncc(Cc2ccccc2Cl)s1)C(C)C. The van der Waals surface area contributed by atoms with Crippen LogP contribution < -0.4 is 10.6 Å². The zero-order chi connectivity index (χ0) is 17.7. The van der Waals surface area contributed by atoms with E-state index in [1.54, 1.807) is 6.20 Å². The minimum absolute atomic E-state index is 0.0172. The van der Waals surface area contributed by atoms with Crippen molar-refractivity contribution in [2.45, 2.75) is 33.2 Å². The second-order valence-corrected chi connectivity index (χ2v) is 7.33. The van der Waals surface area contributed by atoms with E-state index in [9.17, 15) is 9.59 Å². The summed E-state index contributed by atoms with van der Waals surface area (Å²) in [5.74, 6) is -0.516. The highest BCUT2D eigenvalue weighted by atomic mass is 35.5. The fourth-order valence-corrected chi connectivity index (χ4v) is 3.25. The number of hydrogen-bond donors (Lipinski definition) is 2. The van der Waals surface area contributed by atoms with E-state index in [0.717, 1.165) is 10.4 Å². The molecule has 1 atom stereocenters. The van der Waals surface area contributed by atoms with Gasteiger partial charge in [-0.15, -0.1) is 11.3 Å². The maximum absolute atomic E-state index is 12.3. The van der Waals surface area contributed by atoms with Crippen molar-refractivity contribution < 1.29 is 9.59 Å². The molecule has 7 heteroatoms. The van der Waals surface area contributed by atoms with Crippen LogP contribution >= 0.6 is 22.9 Å². The van der Waals surface area contributed by atoms with E-state index >= 15 is 0 Å². The van der Waals surface area contributed by atoms with Crippen LogP contribution in [0, 0.1) is 5.92 Å². The third-order valence-corrected chi connectivity index (χ3v) is 4.70. The Morgan fingerprint density at radius 1 is 1.29 bits per heavy atom. The summed E-state index contributed by atoms with van der Waals surface area (Å²) in [5.41, 5.74) is 1.01. The van der Waals surface area contributed by atoms with Gasteiger partial charge in [-0.05, 0) is 17.5 Å². The number of anilines is 1. The number of nitrogens with zero attached hydrogens (tertiary/aromatic N) is 1. The van der Waals surface area contributed by atoms with E-state index in [1.807, 2.05) is 38.1 Å². The Hall–Kier alpha value is -1.92. The average Bonchev–Trinajstić information content (AvgIpc) is 2.93. The zero-order valence-corrected chi connectivity index (χ0v) is 15.4. The first kappa shape index (κ1) is 18.4. The summed E-state index contributed by atoms with van der Waals surface area (Å²) in [6, 6.07) is 7.05. The van der Waals surface area contributed by atoms with E-state index in [0.29, 0.717) is 16.6 Å². The Bertz CT molecular complexity index is 730. The molecule has 0 radical (unpaired) electrons. The molecule has 0 spiro atoms. The minimum atomic E-state index is -0.585. The van der Waals surface area contributed by atoms with Crippen LogP contribution in [0.1, 0.15) is 31.2 Å². The van der Waals surface area contributed by atoms with Crippen LogP contribution in [0.3, 0.4) is 0 Å². The number of hydrogen-bond acceptors (Lipinski definition) is 4. The molecule has 0 saturated carbocycles. The van der Waals surface area contributed by atoms with E-state index in [1.165, 1.54) is 18.3 Å². The van der Waals surface area contributed by atoms with E-state index in [2.05, 4.69) is 15.6 Å². The van der Waals surface area contributed by atoms with Gasteiger partial charge in [-0.2, -0.15) is 0 Å². The minimum Gasteiger partial charge on any atom is -0.344 e. The highest BCUT2D eigenvalue weighted by molar-refractivity contribution is 7.15. The number of halogens is 1. The largest absolute Gasteiger partial charge is 0.344 e. The fourth-order valence-electron chi connectivity index (χ4n) is 2.21. The molecule has 2 aromatic rings. The van der Waals surface area contributed by atoms with Gasteiger partial charge in [-0.25, -0.2) is 4.98 Å². The van der Waals surface area contributed by atoms with Crippen LogP contribution in [0.5, 0.6) is 0 Å². The third-order valence-electron chi connectivity index (χ3n) is 3.41. The number of carbonyl (C=O) groups excluding carboxylic acids is 2. The predicted molar refractivity (Wildman–Crippen MR) is 97.4 cm³/mol. The Labute approximate surface area is 150 Å². The van der Waals surface area contributed by atoms with Gasteiger partial charge in [0.15, 0.2) is 5.13 Å². The lowest BCUT2D eigenvalue weighted by molar-refractivity contribution is -0.126. The highest BCUT2D eigenvalue weighted by Gasteiger charge is 2.23. The first-order chi connectivity index (χ1) is 11.4. The van der Waals surface area contributed by atoms with Crippen LogP contribution in [0.2, 0.25) is 5.02 Å². The molecule has 0 aliphatic carbocycles.